The van der Waals surface area contributed by atoms with Crippen LogP contribution in [0.15, 0.2) is 0 Å². The van der Waals surface area contributed by atoms with Gasteiger partial charge < -0.3 is 5.11 Å². The molecule has 2 aromatic rings. The van der Waals surface area contributed by atoms with Gasteiger partial charge in [0.05, 0.1) is 24.5 Å². The van der Waals surface area contributed by atoms with Crippen molar-refractivity contribution in [3.05, 3.63) is 32.5 Å². The third-order valence-electron chi connectivity index (χ3n) is 3.05. The van der Waals surface area contributed by atoms with Gasteiger partial charge in [-0.05, 0) is 27.7 Å². The van der Waals surface area contributed by atoms with Crippen LogP contribution in [0.1, 0.15) is 32.5 Å². The first kappa shape index (κ1) is 12.3. The average Bonchev–Trinajstić information content (AvgIpc) is 2.70. The summed E-state index contributed by atoms with van der Waals surface area (Å²) in [6.45, 7) is 8.75. The molecule has 0 aliphatic heterocycles. The number of aliphatic hydroxyl groups is 1. The van der Waals surface area contributed by atoms with Crippen molar-refractivity contribution in [2.75, 3.05) is 0 Å². The molecule has 5 heteroatoms. The van der Waals surface area contributed by atoms with E-state index in [1.807, 2.05) is 25.5 Å². The van der Waals surface area contributed by atoms with Crippen molar-refractivity contribution in [2.24, 2.45) is 0 Å². The second-order valence-corrected chi connectivity index (χ2v) is 5.50. The Kier molecular flexibility index (Phi) is 3.31. The van der Waals surface area contributed by atoms with Crippen LogP contribution in [0.5, 0.6) is 0 Å². The molecule has 0 aliphatic carbocycles. The number of thiazole rings is 1. The van der Waals surface area contributed by atoms with E-state index < -0.39 is 0 Å². The van der Waals surface area contributed by atoms with Crippen LogP contribution in [-0.2, 0) is 13.2 Å². The first-order valence-electron chi connectivity index (χ1n) is 5.59. The van der Waals surface area contributed by atoms with Gasteiger partial charge in [0, 0.05) is 16.1 Å². The monoisotopic (exact) mass is 251 g/mol. The lowest BCUT2D eigenvalue weighted by molar-refractivity contribution is 0.280. The molecule has 2 aromatic heterocycles. The summed E-state index contributed by atoms with van der Waals surface area (Å²) in [6, 6.07) is 0. The SMILES string of the molecule is Cc1nc(Cn2nc(C)c(CO)c2C)sc1C. The second kappa shape index (κ2) is 4.58. The smallest absolute Gasteiger partial charge is 0.115 e. The van der Waals surface area contributed by atoms with Gasteiger partial charge in [0.15, 0.2) is 0 Å². The molecule has 0 atom stereocenters. The van der Waals surface area contributed by atoms with E-state index in [1.165, 1.54) is 4.88 Å². The fourth-order valence-corrected chi connectivity index (χ4v) is 2.77. The predicted molar refractivity (Wildman–Crippen MR) is 68.3 cm³/mol. The summed E-state index contributed by atoms with van der Waals surface area (Å²) >= 11 is 1.71. The lowest BCUT2D eigenvalue weighted by atomic mass is 10.2. The molecule has 0 aromatic carbocycles. The summed E-state index contributed by atoms with van der Waals surface area (Å²) in [7, 11) is 0. The third kappa shape index (κ3) is 2.25. The van der Waals surface area contributed by atoms with Crippen molar-refractivity contribution < 1.29 is 5.11 Å². The Balaban J connectivity index is 2.30. The zero-order valence-corrected chi connectivity index (χ0v) is 11.4. The first-order chi connectivity index (χ1) is 8.02. The minimum absolute atomic E-state index is 0.0492. The molecule has 0 aliphatic rings. The topological polar surface area (TPSA) is 50.9 Å². The van der Waals surface area contributed by atoms with Gasteiger partial charge in [-0.15, -0.1) is 11.3 Å². The fraction of sp³-hybridized carbons (Fsp3) is 0.500. The van der Waals surface area contributed by atoms with Gasteiger partial charge in [0.2, 0.25) is 0 Å². The largest absolute Gasteiger partial charge is 0.392 e. The highest BCUT2D eigenvalue weighted by Gasteiger charge is 2.12. The van der Waals surface area contributed by atoms with E-state index in [9.17, 15) is 5.11 Å². The maximum Gasteiger partial charge on any atom is 0.115 e. The Morgan fingerprint density at radius 2 is 1.88 bits per heavy atom. The normalized spacial score (nSPS) is 11.1. The molecular weight excluding hydrogens is 234 g/mol. The molecule has 0 unspecified atom stereocenters. The van der Waals surface area contributed by atoms with E-state index in [4.69, 9.17) is 0 Å². The molecule has 2 heterocycles. The van der Waals surface area contributed by atoms with Crippen LogP contribution < -0.4 is 0 Å². The number of aliphatic hydroxyl groups excluding tert-OH is 1. The van der Waals surface area contributed by atoms with Crippen molar-refractivity contribution in [3.8, 4) is 0 Å². The number of aromatic nitrogens is 3. The molecule has 0 radical (unpaired) electrons. The van der Waals surface area contributed by atoms with Crippen LogP contribution in [0.25, 0.3) is 0 Å². The van der Waals surface area contributed by atoms with Gasteiger partial charge in [-0.25, -0.2) is 4.98 Å². The quantitative estimate of drug-likeness (QED) is 0.909. The van der Waals surface area contributed by atoms with Gasteiger partial charge in [-0.2, -0.15) is 5.10 Å². The summed E-state index contributed by atoms with van der Waals surface area (Å²) < 4.78 is 1.92. The molecule has 0 spiro atoms. The van der Waals surface area contributed by atoms with Crippen LogP contribution >= 0.6 is 11.3 Å². The van der Waals surface area contributed by atoms with Crippen LogP contribution in [0.2, 0.25) is 0 Å². The van der Waals surface area contributed by atoms with E-state index in [-0.39, 0.29) is 6.61 Å². The van der Waals surface area contributed by atoms with Crippen molar-refractivity contribution in [2.45, 2.75) is 40.8 Å². The predicted octanol–water partition coefficient (Wildman–Crippen LogP) is 2.11. The number of hydrogen-bond donors (Lipinski definition) is 1. The fourth-order valence-electron chi connectivity index (χ4n) is 1.85. The molecule has 1 N–H and O–H groups in total. The average molecular weight is 251 g/mol. The van der Waals surface area contributed by atoms with Crippen LogP contribution in [-0.4, -0.2) is 19.9 Å². The lowest BCUT2D eigenvalue weighted by Crippen LogP contribution is -2.04. The first-order valence-corrected chi connectivity index (χ1v) is 6.41. The Morgan fingerprint density at radius 3 is 2.35 bits per heavy atom. The Morgan fingerprint density at radius 1 is 1.18 bits per heavy atom. The highest BCUT2D eigenvalue weighted by atomic mass is 32.1. The summed E-state index contributed by atoms with van der Waals surface area (Å²) in [5.41, 5.74) is 3.94. The molecule has 0 saturated carbocycles. The van der Waals surface area contributed by atoms with Crippen molar-refractivity contribution in [3.63, 3.8) is 0 Å². The molecule has 17 heavy (non-hydrogen) atoms. The van der Waals surface area contributed by atoms with Crippen LogP contribution in [0.3, 0.4) is 0 Å². The molecule has 0 bridgehead atoms. The van der Waals surface area contributed by atoms with E-state index in [0.29, 0.717) is 6.54 Å². The highest BCUT2D eigenvalue weighted by Crippen LogP contribution is 2.19. The summed E-state index contributed by atoms with van der Waals surface area (Å²) in [5.74, 6) is 0. The van der Waals surface area contributed by atoms with Gasteiger partial charge in [0.25, 0.3) is 0 Å². The summed E-state index contributed by atoms with van der Waals surface area (Å²) in [4.78, 5) is 5.76. The number of hydrogen-bond acceptors (Lipinski definition) is 4. The number of nitrogens with zero attached hydrogens (tertiary/aromatic N) is 3. The molecule has 92 valence electrons. The molecular formula is C12H17N3OS. The molecule has 0 saturated heterocycles. The second-order valence-electron chi connectivity index (χ2n) is 4.21. The van der Waals surface area contributed by atoms with Gasteiger partial charge in [-0.1, -0.05) is 0 Å². The van der Waals surface area contributed by atoms with Gasteiger partial charge >= 0.3 is 0 Å². The number of aryl methyl sites for hydroxylation is 3. The molecule has 0 amide bonds. The molecule has 0 fully saturated rings. The third-order valence-corrected chi connectivity index (χ3v) is 4.10. The summed E-state index contributed by atoms with van der Waals surface area (Å²) in [6.07, 6.45) is 0. The van der Waals surface area contributed by atoms with Gasteiger partial charge in [-0.3, -0.25) is 4.68 Å². The van der Waals surface area contributed by atoms with Crippen LogP contribution in [0.4, 0.5) is 0 Å². The maximum absolute atomic E-state index is 9.26. The number of rotatable bonds is 3. The summed E-state index contributed by atoms with van der Waals surface area (Å²) in [5, 5.41) is 14.8. The van der Waals surface area contributed by atoms with Crippen molar-refractivity contribution in [1.29, 1.82) is 0 Å². The van der Waals surface area contributed by atoms with E-state index in [0.717, 1.165) is 27.7 Å². The zero-order chi connectivity index (χ0) is 12.6. The molecule has 4 nitrogen and oxygen atoms in total. The molecule has 2 rings (SSSR count). The van der Waals surface area contributed by atoms with Crippen molar-refractivity contribution >= 4 is 11.3 Å². The van der Waals surface area contributed by atoms with Gasteiger partial charge in [0.1, 0.15) is 5.01 Å². The van der Waals surface area contributed by atoms with Crippen LogP contribution in [0, 0.1) is 27.7 Å². The Hall–Kier alpha value is -1.20. The minimum atomic E-state index is 0.0492. The van der Waals surface area contributed by atoms with E-state index in [1.54, 1.807) is 11.3 Å². The maximum atomic E-state index is 9.26. The van der Waals surface area contributed by atoms with E-state index in [2.05, 4.69) is 17.0 Å². The standard InChI is InChI=1S/C12H17N3OS/c1-7-10(4)17-12(13-7)5-15-9(3)11(6-16)8(2)14-15/h16H,5-6H2,1-4H3. The Labute approximate surface area is 105 Å². The van der Waals surface area contributed by atoms with E-state index >= 15 is 0 Å². The zero-order valence-electron chi connectivity index (χ0n) is 10.6. The Bertz CT molecular complexity index is 523. The minimum Gasteiger partial charge on any atom is -0.392 e. The van der Waals surface area contributed by atoms with Crippen molar-refractivity contribution in [1.82, 2.24) is 14.8 Å². The lowest BCUT2D eigenvalue weighted by Gasteiger charge is -2.01. The highest BCUT2D eigenvalue weighted by molar-refractivity contribution is 7.11.